The van der Waals surface area contributed by atoms with E-state index in [4.69, 9.17) is 0 Å². The maximum atomic E-state index is 13.1. The molecule has 2 aliphatic heterocycles. The van der Waals surface area contributed by atoms with E-state index in [1.165, 1.54) is 41.4 Å². The average molecular weight is 393 g/mol. The molecular weight excluding hydrogens is 369 g/mol. The number of fused-ring (bicyclic) bond motifs is 1. The first-order valence-corrected chi connectivity index (χ1v) is 10.8. The summed E-state index contributed by atoms with van der Waals surface area (Å²) in [6.07, 6.45) is 3.93. The molecule has 27 heavy (non-hydrogen) atoms. The zero-order chi connectivity index (χ0) is 19.0. The van der Waals surface area contributed by atoms with Crippen LogP contribution in [0.3, 0.4) is 0 Å². The topological polar surface area (TPSA) is 71.3 Å². The predicted octanol–water partition coefficient (Wildman–Crippen LogP) is 1.82. The second-order valence-corrected chi connectivity index (χ2v) is 9.16. The summed E-state index contributed by atoms with van der Waals surface area (Å²) in [7, 11) is -1.55. The summed E-state index contributed by atoms with van der Waals surface area (Å²) >= 11 is 0. The Morgan fingerprint density at radius 1 is 1.04 bits per heavy atom. The molecule has 1 fully saturated rings. The first-order chi connectivity index (χ1) is 13.0. The third kappa shape index (κ3) is 3.51. The molecule has 146 valence electrons. The smallest absolute Gasteiger partial charge is 0.243 e. The molecular formula is C18H24FN5O2S. The van der Waals surface area contributed by atoms with Crippen molar-refractivity contribution in [3.05, 3.63) is 41.7 Å². The number of nitrogens with zero attached hydrogens (tertiary/aromatic N) is 5. The lowest BCUT2D eigenvalue weighted by atomic mass is 10.0. The normalized spacial score (nSPS) is 22.4. The van der Waals surface area contributed by atoms with Crippen molar-refractivity contribution >= 4 is 10.0 Å². The number of hydrogen-bond acceptors (Lipinski definition) is 5. The van der Waals surface area contributed by atoms with E-state index in [-0.39, 0.29) is 10.9 Å². The van der Waals surface area contributed by atoms with Crippen LogP contribution in [0.15, 0.2) is 29.2 Å². The van der Waals surface area contributed by atoms with Crippen LogP contribution in [0.5, 0.6) is 0 Å². The Kier molecular flexibility index (Phi) is 5.00. The van der Waals surface area contributed by atoms with Crippen molar-refractivity contribution in [2.45, 2.75) is 43.2 Å². The molecule has 0 spiro atoms. The molecule has 9 heteroatoms. The molecule has 2 aliphatic rings. The quantitative estimate of drug-likeness (QED) is 0.796. The molecule has 0 radical (unpaired) electrons. The van der Waals surface area contributed by atoms with Gasteiger partial charge < -0.3 is 4.57 Å². The van der Waals surface area contributed by atoms with Crippen molar-refractivity contribution in [1.29, 1.82) is 0 Å². The summed E-state index contributed by atoms with van der Waals surface area (Å²) in [5.74, 6) is 1.33. The van der Waals surface area contributed by atoms with Gasteiger partial charge in [0.05, 0.1) is 10.9 Å². The molecule has 1 aromatic heterocycles. The van der Waals surface area contributed by atoms with E-state index in [2.05, 4.69) is 26.7 Å². The Balaban J connectivity index is 1.56. The van der Waals surface area contributed by atoms with Crippen LogP contribution in [0.4, 0.5) is 4.39 Å². The van der Waals surface area contributed by atoms with E-state index < -0.39 is 15.8 Å². The zero-order valence-corrected chi connectivity index (χ0v) is 16.2. The molecule has 0 N–H and O–H groups in total. The molecule has 0 amide bonds. The van der Waals surface area contributed by atoms with Crippen LogP contribution in [-0.2, 0) is 23.0 Å². The second-order valence-electron chi connectivity index (χ2n) is 7.23. The van der Waals surface area contributed by atoms with Crippen LogP contribution in [0.1, 0.15) is 37.0 Å². The van der Waals surface area contributed by atoms with E-state index in [1.807, 2.05) is 0 Å². The predicted molar refractivity (Wildman–Crippen MR) is 98.1 cm³/mol. The fourth-order valence-electron chi connectivity index (χ4n) is 3.97. The van der Waals surface area contributed by atoms with Gasteiger partial charge in [0.15, 0.2) is 0 Å². The van der Waals surface area contributed by atoms with Crippen molar-refractivity contribution in [3.8, 4) is 0 Å². The Hall–Kier alpha value is -1.84. The number of aromatic nitrogens is 3. The van der Waals surface area contributed by atoms with E-state index >= 15 is 0 Å². The minimum Gasteiger partial charge on any atom is -0.312 e. The van der Waals surface area contributed by atoms with Gasteiger partial charge >= 0.3 is 0 Å². The molecule has 2 aromatic rings. The lowest BCUT2D eigenvalue weighted by Crippen LogP contribution is -2.34. The fourth-order valence-corrected chi connectivity index (χ4v) is 5.40. The van der Waals surface area contributed by atoms with Crippen LogP contribution >= 0.6 is 0 Å². The number of halogens is 1. The number of benzene rings is 1. The monoisotopic (exact) mass is 393 g/mol. The van der Waals surface area contributed by atoms with Crippen molar-refractivity contribution in [1.82, 2.24) is 24.0 Å². The molecule has 7 nitrogen and oxygen atoms in total. The van der Waals surface area contributed by atoms with Crippen LogP contribution in [0.25, 0.3) is 0 Å². The van der Waals surface area contributed by atoms with Gasteiger partial charge in [0.2, 0.25) is 10.0 Å². The van der Waals surface area contributed by atoms with Crippen LogP contribution in [0.2, 0.25) is 0 Å². The van der Waals surface area contributed by atoms with Gasteiger partial charge in [0.25, 0.3) is 0 Å². The van der Waals surface area contributed by atoms with E-state index in [0.717, 1.165) is 24.6 Å². The number of rotatable bonds is 3. The summed E-state index contributed by atoms with van der Waals surface area (Å²) in [6.45, 7) is 2.27. The van der Waals surface area contributed by atoms with Gasteiger partial charge in [-0.15, -0.1) is 10.2 Å². The molecule has 0 bridgehead atoms. The van der Waals surface area contributed by atoms with Crippen molar-refractivity contribution in [3.63, 3.8) is 0 Å². The summed E-state index contributed by atoms with van der Waals surface area (Å²) in [4.78, 5) is 2.42. The van der Waals surface area contributed by atoms with E-state index in [1.54, 1.807) is 0 Å². The Bertz CT molecular complexity index is 912. The SMILES string of the molecule is CN1CCCC[C@H]1c1nnc2n1CCN(S(=O)(=O)c1ccc(F)cc1)CC2. The van der Waals surface area contributed by atoms with Gasteiger partial charge in [-0.2, -0.15) is 4.31 Å². The average Bonchev–Trinajstić information content (AvgIpc) is 2.92. The van der Waals surface area contributed by atoms with Gasteiger partial charge in [-0.05, 0) is 50.7 Å². The summed E-state index contributed by atoms with van der Waals surface area (Å²) in [5, 5.41) is 8.77. The second kappa shape index (κ2) is 7.29. The minimum absolute atomic E-state index is 0.119. The van der Waals surface area contributed by atoms with Gasteiger partial charge in [-0.25, -0.2) is 12.8 Å². The molecule has 1 aromatic carbocycles. The maximum Gasteiger partial charge on any atom is 0.243 e. The highest BCUT2D eigenvalue weighted by Gasteiger charge is 2.31. The molecule has 1 atom stereocenters. The highest BCUT2D eigenvalue weighted by atomic mass is 32.2. The largest absolute Gasteiger partial charge is 0.312 e. The number of sulfonamides is 1. The van der Waals surface area contributed by atoms with Crippen molar-refractivity contribution < 1.29 is 12.8 Å². The first-order valence-electron chi connectivity index (χ1n) is 9.35. The summed E-state index contributed by atoms with van der Waals surface area (Å²) < 4.78 is 42.5. The zero-order valence-electron chi connectivity index (χ0n) is 15.4. The minimum atomic E-state index is -3.65. The van der Waals surface area contributed by atoms with Gasteiger partial charge in [-0.1, -0.05) is 6.42 Å². The standard InChI is InChI=1S/C18H24FN5O2S/c1-22-10-3-2-4-16(22)18-21-20-17-9-11-23(12-13-24(17)18)27(25,26)15-7-5-14(19)6-8-15/h5-8,16H,2-4,9-13H2,1H3/t16-/m0/s1. The lowest BCUT2D eigenvalue weighted by molar-refractivity contribution is 0.174. The third-order valence-corrected chi connectivity index (χ3v) is 7.45. The highest BCUT2D eigenvalue weighted by molar-refractivity contribution is 7.89. The molecule has 0 saturated carbocycles. The van der Waals surface area contributed by atoms with Crippen LogP contribution in [0, 0.1) is 5.82 Å². The Morgan fingerprint density at radius 3 is 2.56 bits per heavy atom. The third-order valence-electron chi connectivity index (χ3n) is 5.53. The molecule has 1 saturated heterocycles. The molecule has 3 heterocycles. The van der Waals surface area contributed by atoms with Crippen LogP contribution in [-0.4, -0.2) is 59.1 Å². The summed E-state index contributed by atoms with van der Waals surface area (Å²) in [6, 6.07) is 5.23. The first kappa shape index (κ1) is 18.5. The van der Waals surface area contributed by atoms with Gasteiger partial charge in [-0.3, -0.25) is 4.90 Å². The Morgan fingerprint density at radius 2 is 1.81 bits per heavy atom. The maximum absolute atomic E-state index is 13.1. The molecule has 4 rings (SSSR count). The Labute approximate surface area is 158 Å². The lowest BCUT2D eigenvalue weighted by Gasteiger charge is -2.31. The number of hydrogen-bond donors (Lipinski definition) is 0. The molecule has 0 aliphatic carbocycles. The van der Waals surface area contributed by atoms with Crippen molar-refractivity contribution in [2.24, 2.45) is 0 Å². The molecule has 0 unspecified atom stereocenters. The van der Waals surface area contributed by atoms with Crippen molar-refractivity contribution in [2.75, 3.05) is 26.7 Å². The van der Waals surface area contributed by atoms with Gasteiger partial charge in [0, 0.05) is 26.1 Å². The summed E-state index contributed by atoms with van der Waals surface area (Å²) in [5.41, 5.74) is 0. The van der Waals surface area contributed by atoms with E-state index in [0.29, 0.717) is 26.1 Å². The number of piperidine rings is 1. The van der Waals surface area contributed by atoms with Gasteiger partial charge in [0.1, 0.15) is 17.5 Å². The number of likely N-dealkylation sites (tertiary alicyclic amines) is 1. The highest BCUT2D eigenvalue weighted by Crippen LogP contribution is 2.29. The van der Waals surface area contributed by atoms with Crippen LogP contribution < -0.4 is 0 Å². The fraction of sp³-hybridized carbons (Fsp3) is 0.556. The van der Waals surface area contributed by atoms with E-state index in [9.17, 15) is 12.8 Å².